The molecule has 0 unspecified atom stereocenters. The number of benzene rings is 1. The molecule has 1 saturated heterocycles. The van der Waals surface area contributed by atoms with Crippen molar-refractivity contribution in [2.24, 2.45) is 11.7 Å². The van der Waals surface area contributed by atoms with Gasteiger partial charge >= 0.3 is 0 Å². The molecule has 0 amide bonds. The highest BCUT2D eigenvalue weighted by atomic mass is 32.2. The SMILES string of the molecule is CC(C)COc1ccc(S(=O)(=O)N2CCC(N)CC2)cc1. The van der Waals surface area contributed by atoms with Crippen LogP contribution >= 0.6 is 0 Å². The highest BCUT2D eigenvalue weighted by Crippen LogP contribution is 2.22. The Morgan fingerprint density at radius 1 is 1.24 bits per heavy atom. The fourth-order valence-electron chi connectivity index (χ4n) is 2.24. The monoisotopic (exact) mass is 312 g/mol. The standard InChI is InChI=1S/C15H24N2O3S/c1-12(2)11-20-14-3-5-15(6-4-14)21(18,19)17-9-7-13(16)8-10-17/h3-6,12-13H,7-11,16H2,1-2H3. The Hall–Kier alpha value is -1.11. The van der Waals surface area contributed by atoms with E-state index < -0.39 is 10.0 Å². The van der Waals surface area contributed by atoms with Gasteiger partial charge in [0.05, 0.1) is 11.5 Å². The predicted octanol–water partition coefficient (Wildman–Crippen LogP) is 1.83. The first-order chi connectivity index (χ1) is 9.89. The molecule has 1 aromatic rings. The zero-order valence-electron chi connectivity index (χ0n) is 12.7. The molecule has 0 radical (unpaired) electrons. The third-order valence-corrected chi connectivity index (χ3v) is 5.46. The summed E-state index contributed by atoms with van der Waals surface area (Å²) in [6, 6.07) is 6.76. The Kier molecular flexibility index (Phi) is 5.24. The maximum atomic E-state index is 12.5. The van der Waals surface area contributed by atoms with E-state index in [4.69, 9.17) is 10.5 Å². The van der Waals surface area contributed by atoms with E-state index in [1.807, 2.05) is 0 Å². The Bertz CT molecular complexity index is 547. The molecule has 21 heavy (non-hydrogen) atoms. The molecule has 1 aromatic carbocycles. The fourth-order valence-corrected chi connectivity index (χ4v) is 3.71. The quantitative estimate of drug-likeness (QED) is 0.900. The first-order valence-electron chi connectivity index (χ1n) is 7.38. The lowest BCUT2D eigenvalue weighted by atomic mass is 10.1. The van der Waals surface area contributed by atoms with Crippen LogP contribution in [0.4, 0.5) is 0 Å². The summed E-state index contributed by atoms with van der Waals surface area (Å²) in [4.78, 5) is 0.315. The molecule has 118 valence electrons. The normalized spacial score (nSPS) is 18.1. The molecular formula is C15H24N2O3S. The van der Waals surface area contributed by atoms with Gasteiger partial charge in [-0.05, 0) is 43.0 Å². The fraction of sp³-hybridized carbons (Fsp3) is 0.600. The number of sulfonamides is 1. The molecule has 1 heterocycles. The molecule has 0 aliphatic carbocycles. The molecule has 0 bridgehead atoms. The number of piperidine rings is 1. The maximum absolute atomic E-state index is 12.5. The van der Waals surface area contributed by atoms with Crippen molar-refractivity contribution in [1.82, 2.24) is 4.31 Å². The van der Waals surface area contributed by atoms with Crippen LogP contribution in [0.15, 0.2) is 29.2 Å². The van der Waals surface area contributed by atoms with Crippen molar-refractivity contribution in [3.63, 3.8) is 0 Å². The second-order valence-electron chi connectivity index (χ2n) is 5.92. The second kappa shape index (κ2) is 6.77. The Balaban J connectivity index is 2.06. The average Bonchev–Trinajstić information content (AvgIpc) is 2.46. The third kappa shape index (κ3) is 4.18. The van der Waals surface area contributed by atoms with Crippen LogP contribution < -0.4 is 10.5 Å². The van der Waals surface area contributed by atoms with Crippen molar-refractivity contribution in [2.45, 2.75) is 37.6 Å². The van der Waals surface area contributed by atoms with Crippen molar-refractivity contribution < 1.29 is 13.2 Å². The Morgan fingerprint density at radius 3 is 2.33 bits per heavy atom. The summed E-state index contributed by atoms with van der Waals surface area (Å²) in [5.74, 6) is 1.13. The largest absolute Gasteiger partial charge is 0.493 e. The first kappa shape index (κ1) is 16.3. The Morgan fingerprint density at radius 2 is 1.81 bits per heavy atom. The molecule has 1 fully saturated rings. The van der Waals surface area contributed by atoms with E-state index in [9.17, 15) is 8.42 Å². The lowest BCUT2D eigenvalue weighted by molar-refractivity contribution is 0.271. The van der Waals surface area contributed by atoms with Gasteiger partial charge in [0.15, 0.2) is 0 Å². The minimum Gasteiger partial charge on any atom is -0.493 e. The molecule has 0 spiro atoms. The molecule has 2 N–H and O–H groups in total. The molecule has 2 rings (SSSR count). The summed E-state index contributed by atoms with van der Waals surface area (Å²) in [5.41, 5.74) is 5.82. The number of nitrogens with zero attached hydrogens (tertiary/aromatic N) is 1. The Labute approximate surface area is 127 Å². The van der Waals surface area contributed by atoms with Gasteiger partial charge in [-0.1, -0.05) is 13.8 Å². The zero-order valence-corrected chi connectivity index (χ0v) is 13.5. The minimum atomic E-state index is -3.41. The van der Waals surface area contributed by atoms with Crippen LogP contribution in [0.1, 0.15) is 26.7 Å². The third-order valence-electron chi connectivity index (χ3n) is 3.54. The molecular weight excluding hydrogens is 288 g/mol. The predicted molar refractivity (Wildman–Crippen MR) is 82.7 cm³/mol. The van der Waals surface area contributed by atoms with Gasteiger partial charge in [-0.2, -0.15) is 4.31 Å². The van der Waals surface area contributed by atoms with Crippen molar-refractivity contribution in [3.05, 3.63) is 24.3 Å². The summed E-state index contributed by atoms with van der Waals surface area (Å²) in [6.45, 7) is 5.75. The lowest BCUT2D eigenvalue weighted by Crippen LogP contribution is -2.42. The molecule has 1 aliphatic heterocycles. The highest BCUT2D eigenvalue weighted by molar-refractivity contribution is 7.89. The van der Waals surface area contributed by atoms with Crippen LogP contribution in [0.5, 0.6) is 5.75 Å². The topological polar surface area (TPSA) is 72.6 Å². The summed E-state index contributed by atoms with van der Waals surface area (Å²) < 4.78 is 32.1. The molecule has 0 atom stereocenters. The van der Waals surface area contributed by atoms with Gasteiger partial charge in [0.1, 0.15) is 5.75 Å². The van der Waals surface area contributed by atoms with Crippen LogP contribution in [0, 0.1) is 5.92 Å². The van der Waals surface area contributed by atoms with Crippen LogP contribution in [-0.4, -0.2) is 38.5 Å². The number of rotatable bonds is 5. The van der Waals surface area contributed by atoms with Crippen LogP contribution in [0.25, 0.3) is 0 Å². The lowest BCUT2D eigenvalue weighted by Gasteiger charge is -2.29. The van der Waals surface area contributed by atoms with Crippen molar-refractivity contribution >= 4 is 10.0 Å². The van der Waals surface area contributed by atoms with Crippen LogP contribution in [0.2, 0.25) is 0 Å². The van der Waals surface area contributed by atoms with Crippen molar-refractivity contribution in [2.75, 3.05) is 19.7 Å². The molecule has 1 aliphatic rings. The van der Waals surface area contributed by atoms with Crippen molar-refractivity contribution in [3.8, 4) is 5.75 Å². The van der Waals surface area contributed by atoms with Gasteiger partial charge in [0, 0.05) is 19.1 Å². The molecule has 5 nitrogen and oxygen atoms in total. The zero-order chi connectivity index (χ0) is 15.5. The van der Waals surface area contributed by atoms with Gasteiger partial charge in [-0.3, -0.25) is 0 Å². The average molecular weight is 312 g/mol. The van der Waals surface area contributed by atoms with E-state index in [0.717, 1.165) is 12.8 Å². The van der Waals surface area contributed by atoms with Gasteiger partial charge in [-0.25, -0.2) is 8.42 Å². The highest BCUT2D eigenvalue weighted by Gasteiger charge is 2.28. The van der Waals surface area contributed by atoms with E-state index >= 15 is 0 Å². The van der Waals surface area contributed by atoms with E-state index in [1.165, 1.54) is 4.31 Å². The second-order valence-corrected chi connectivity index (χ2v) is 7.86. The number of hydrogen-bond donors (Lipinski definition) is 1. The van der Waals surface area contributed by atoms with E-state index in [-0.39, 0.29) is 6.04 Å². The van der Waals surface area contributed by atoms with Crippen molar-refractivity contribution in [1.29, 1.82) is 0 Å². The van der Waals surface area contributed by atoms with Gasteiger partial charge in [-0.15, -0.1) is 0 Å². The van der Waals surface area contributed by atoms with Gasteiger partial charge < -0.3 is 10.5 Å². The molecule has 0 aromatic heterocycles. The summed E-state index contributed by atoms with van der Waals surface area (Å²) in [5, 5.41) is 0. The molecule has 0 saturated carbocycles. The van der Waals surface area contributed by atoms with Crippen LogP contribution in [-0.2, 0) is 10.0 Å². The van der Waals surface area contributed by atoms with E-state index in [0.29, 0.717) is 36.3 Å². The van der Waals surface area contributed by atoms with Gasteiger partial charge in [0.2, 0.25) is 10.0 Å². The smallest absolute Gasteiger partial charge is 0.243 e. The summed E-state index contributed by atoms with van der Waals surface area (Å²) >= 11 is 0. The first-order valence-corrected chi connectivity index (χ1v) is 8.82. The number of nitrogens with two attached hydrogens (primary N) is 1. The number of ether oxygens (including phenoxy) is 1. The molecule has 6 heteroatoms. The van der Waals surface area contributed by atoms with Crippen LogP contribution in [0.3, 0.4) is 0 Å². The minimum absolute atomic E-state index is 0.114. The number of hydrogen-bond acceptors (Lipinski definition) is 4. The van der Waals surface area contributed by atoms with E-state index in [1.54, 1.807) is 24.3 Å². The van der Waals surface area contributed by atoms with E-state index in [2.05, 4.69) is 13.8 Å². The van der Waals surface area contributed by atoms with Gasteiger partial charge in [0.25, 0.3) is 0 Å². The summed E-state index contributed by atoms with van der Waals surface area (Å²) in [7, 11) is -3.41. The summed E-state index contributed by atoms with van der Waals surface area (Å²) in [6.07, 6.45) is 1.43. The maximum Gasteiger partial charge on any atom is 0.243 e.